The Kier molecular flexibility index (Phi) is 5.46. The van der Waals surface area contributed by atoms with Crippen molar-refractivity contribution in [3.05, 3.63) is 71.7 Å². The first kappa shape index (κ1) is 16.2. The van der Waals surface area contributed by atoms with Crippen molar-refractivity contribution in [3.8, 4) is 0 Å². The summed E-state index contributed by atoms with van der Waals surface area (Å²) >= 11 is 0. The molecule has 0 atom stereocenters. The molecule has 0 unspecified atom stereocenters. The molecule has 0 aliphatic heterocycles. The van der Waals surface area contributed by atoms with Crippen molar-refractivity contribution < 1.29 is 14.0 Å². The van der Waals surface area contributed by atoms with Crippen molar-refractivity contribution in [1.29, 1.82) is 0 Å². The highest BCUT2D eigenvalue weighted by molar-refractivity contribution is 6.01. The van der Waals surface area contributed by atoms with Crippen LogP contribution >= 0.6 is 0 Å². The zero-order chi connectivity index (χ0) is 16.7. The fourth-order valence-electron chi connectivity index (χ4n) is 1.79. The van der Waals surface area contributed by atoms with Gasteiger partial charge in [0.05, 0.1) is 5.69 Å². The average Bonchev–Trinajstić information content (AvgIpc) is 2.54. The number of amides is 2. The molecule has 2 aromatic rings. The lowest BCUT2D eigenvalue weighted by molar-refractivity contribution is -0.122. The number of hydrazine groups is 1. The number of carbonyl (C=O) groups excluding carboxylic acids is 2. The predicted octanol–water partition coefficient (Wildman–Crippen LogP) is 2.45. The molecule has 0 radical (unpaired) electrons. The second-order valence-electron chi connectivity index (χ2n) is 4.74. The van der Waals surface area contributed by atoms with E-state index in [1.807, 2.05) is 30.3 Å². The van der Waals surface area contributed by atoms with Gasteiger partial charge in [0.25, 0.3) is 5.91 Å². The van der Waals surface area contributed by atoms with Crippen LogP contribution in [0.15, 0.2) is 60.3 Å². The van der Waals surface area contributed by atoms with Crippen LogP contribution < -0.4 is 16.2 Å². The van der Waals surface area contributed by atoms with Crippen LogP contribution in [0.2, 0.25) is 0 Å². The van der Waals surface area contributed by atoms with Gasteiger partial charge in [-0.05, 0) is 35.9 Å². The van der Waals surface area contributed by atoms with Crippen LogP contribution in [0.3, 0.4) is 0 Å². The second-order valence-corrected chi connectivity index (χ2v) is 4.74. The second kappa shape index (κ2) is 7.74. The third-order valence-corrected chi connectivity index (χ3v) is 2.83. The van der Waals surface area contributed by atoms with Gasteiger partial charge in [0.1, 0.15) is 11.5 Å². The summed E-state index contributed by atoms with van der Waals surface area (Å²) in [6.45, 7) is 1.32. The third-order valence-electron chi connectivity index (χ3n) is 2.83. The summed E-state index contributed by atoms with van der Waals surface area (Å²) in [5.41, 5.74) is 6.49. The summed E-state index contributed by atoms with van der Waals surface area (Å²) < 4.78 is 12.8. The molecule has 2 rings (SSSR count). The molecule has 23 heavy (non-hydrogen) atoms. The smallest absolute Gasteiger partial charge is 0.286 e. The number of hydrogen-bond donors (Lipinski definition) is 3. The Hall–Kier alpha value is -3.15. The fourth-order valence-corrected chi connectivity index (χ4v) is 1.79. The van der Waals surface area contributed by atoms with Crippen molar-refractivity contribution in [2.75, 3.05) is 5.43 Å². The maximum atomic E-state index is 12.8. The first-order valence-corrected chi connectivity index (χ1v) is 6.91. The zero-order valence-corrected chi connectivity index (χ0v) is 12.5. The predicted molar refractivity (Wildman–Crippen MR) is 86.4 cm³/mol. The van der Waals surface area contributed by atoms with Gasteiger partial charge in [0.15, 0.2) is 0 Å². The molecule has 3 N–H and O–H groups in total. The monoisotopic (exact) mass is 313 g/mol. The highest BCUT2D eigenvalue weighted by Crippen LogP contribution is 2.08. The van der Waals surface area contributed by atoms with E-state index in [0.717, 1.165) is 5.56 Å². The molecule has 0 aliphatic rings. The van der Waals surface area contributed by atoms with Gasteiger partial charge in [-0.2, -0.15) is 0 Å². The van der Waals surface area contributed by atoms with Crippen LogP contribution in [-0.2, 0) is 9.59 Å². The van der Waals surface area contributed by atoms with E-state index < -0.39 is 5.91 Å². The summed E-state index contributed by atoms with van der Waals surface area (Å²) in [6.07, 6.45) is 1.56. The van der Waals surface area contributed by atoms with E-state index in [2.05, 4.69) is 16.2 Å². The molecular formula is C17H16FN3O2. The molecule has 0 spiro atoms. The average molecular weight is 313 g/mol. The first-order valence-electron chi connectivity index (χ1n) is 6.91. The Morgan fingerprint density at radius 2 is 1.65 bits per heavy atom. The third kappa shape index (κ3) is 5.28. The van der Waals surface area contributed by atoms with Crippen molar-refractivity contribution in [1.82, 2.24) is 10.7 Å². The molecule has 0 aliphatic carbocycles. The van der Waals surface area contributed by atoms with Crippen LogP contribution in [0.25, 0.3) is 6.08 Å². The van der Waals surface area contributed by atoms with Crippen LogP contribution in [0.4, 0.5) is 10.1 Å². The topological polar surface area (TPSA) is 70.2 Å². The first-order chi connectivity index (χ1) is 11.0. The van der Waals surface area contributed by atoms with E-state index in [1.54, 1.807) is 6.08 Å². The normalized spacial score (nSPS) is 10.8. The SMILES string of the molecule is CC(=O)N/C(=C\c1ccccc1)C(=O)NNc1ccc(F)cc1. The molecule has 118 valence electrons. The number of rotatable bonds is 5. The minimum absolute atomic E-state index is 0.0957. The molecule has 0 saturated carbocycles. The van der Waals surface area contributed by atoms with Gasteiger partial charge >= 0.3 is 0 Å². The Bertz CT molecular complexity index is 712. The summed E-state index contributed by atoms with van der Waals surface area (Å²) in [6, 6.07) is 14.6. The lowest BCUT2D eigenvalue weighted by Gasteiger charge is -2.11. The minimum atomic E-state index is -0.520. The molecule has 0 saturated heterocycles. The summed E-state index contributed by atoms with van der Waals surface area (Å²) in [4.78, 5) is 23.5. The number of halogens is 1. The van der Waals surface area contributed by atoms with E-state index in [9.17, 15) is 14.0 Å². The summed E-state index contributed by atoms with van der Waals surface area (Å²) in [7, 11) is 0. The van der Waals surface area contributed by atoms with E-state index >= 15 is 0 Å². The zero-order valence-electron chi connectivity index (χ0n) is 12.5. The van der Waals surface area contributed by atoms with Crippen molar-refractivity contribution in [2.24, 2.45) is 0 Å². The maximum Gasteiger partial charge on any atom is 0.286 e. The standard InChI is InChI=1S/C17H16FN3O2/c1-12(22)19-16(11-13-5-3-2-4-6-13)17(23)21-20-15-9-7-14(18)8-10-15/h2-11,20H,1H3,(H,19,22)(H,21,23)/b16-11-. The minimum Gasteiger partial charge on any atom is -0.322 e. The molecule has 2 amide bonds. The number of carbonyl (C=O) groups is 2. The Morgan fingerprint density at radius 1 is 1.00 bits per heavy atom. The lowest BCUT2D eigenvalue weighted by Crippen LogP contribution is -2.36. The molecule has 0 aromatic heterocycles. The molecule has 6 heteroatoms. The quantitative estimate of drug-likeness (QED) is 0.586. The van der Waals surface area contributed by atoms with E-state index in [1.165, 1.54) is 31.2 Å². The summed E-state index contributed by atoms with van der Waals surface area (Å²) in [5, 5.41) is 2.48. The van der Waals surface area contributed by atoms with Crippen LogP contribution in [0.5, 0.6) is 0 Å². The van der Waals surface area contributed by atoms with E-state index in [0.29, 0.717) is 5.69 Å². The molecule has 0 heterocycles. The van der Waals surface area contributed by atoms with Crippen LogP contribution in [-0.4, -0.2) is 11.8 Å². The highest BCUT2D eigenvalue weighted by atomic mass is 19.1. The van der Waals surface area contributed by atoms with Crippen LogP contribution in [0, 0.1) is 5.82 Å². The molecule has 2 aromatic carbocycles. The van der Waals surface area contributed by atoms with Gasteiger partial charge in [-0.1, -0.05) is 30.3 Å². The molecular weight excluding hydrogens is 297 g/mol. The number of anilines is 1. The van der Waals surface area contributed by atoms with Gasteiger partial charge in [0, 0.05) is 6.92 Å². The lowest BCUT2D eigenvalue weighted by atomic mass is 10.2. The van der Waals surface area contributed by atoms with Crippen LogP contribution in [0.1, 0.15) is 12.5 Å². The number of benzene rings is 2. The maximum absolute atomic E-state index is 12.8. The Labute approximate surface area is 133 Å². The number of nitrogens with one attached hydrogen (secondary N) is 3. The van der Waals surface area contributed by atoms with E-state index in [4.69, 9.17) is 0 Å². The molecule has 0 bridgehead atoms. The van der Waals surface area contributed by atoms with Gasteiger partial charge in [-0.15, -0.1) is 0 Å². The van der Waals surface area contributed by atoms with Gasteiger partial charge in [0.2, 0.25) is 5.91 Å². The molecule has 5 nitrogen and oxygen atoms in total. The van der Waals surface area contributed by atoms with Crippen molar-refractivity contribution in [2.45, 2.75) is 6.92 Å². The largest absolute Gasteiger partial charge is 0.322 e. The fraction of sp³-hybridized carbons (Fsp3) is 0.0588. The van der Waals surface area contributed by atoms with E-state index in [-0.39, 0.29) is 17.4 Å². The van der Waals surface area contributed by atoms with Crippen molar-refractivity contribution in [3.63, 3.8) is 0 Å². The number of hydrogen-bond acceptors (Lipinski definition) is 3. The summed E-state index contributed by atoms with van der Waals surface area (Å²) in [5.74, 6) is -1.25. The molecule has 0 fully saturated rings. The van der Waals surface area contributed by atoms with Gasteiger partial charge < -0.3 is 5.32 Å². The van der Waals surface area contributed by atoms with Gasteiger partial charge in [-0.25, -0.2) is 4.39 Å². The van der Waals surface area contributed by atoms with Gasteiger partial charge in [-0.3, -0.25) is 20.4 Å². The van der Waals surface area contributed by atoms with Crippen molar-refractivity contribution >= 4 is 23.6 Å². The Morgan fingerprint density at radius 3 is 2.26 bits per heavy atom. The highest BCUT2D eigenvalue weighted by Gasteiger charge is 2.11. The Balaban J connectivity index is 2.09.